The fourth-order valence-corrected chi connectivity index (χ4v) is 1.90. The van der Waals surface area contributed by atoms with E-state index in [1.165, 1.54) is 18.5 Å². The van der Waals surface area contributed by atoms with Gasteiger partial charge in [0.25, 0.3) is 5.91 Å². The van der Waals surface area contributed by atoms with Gasteiger partial charge in [0.2, 0.25) is 0 Å². The van der Waals surface area contributed by atoms with Crippen LogP contribution in [0.15, 0.2) is 48.8 Å². The Kier molecular flexibility index (Phi) is 4.68. The largest absolute Gasteiger partial charge is 0.505 e. The molecule has 3 N–H and O–H groups in total. The molecule has 0 unspecified atom stereocenters. The van der Waals surface area contributed by atoms with Crippen LogP contribution in [0, 0.1) is 0 Å². The molecule has 0 aliphatic rings. The molecule has 0 saturated carbocycles. The van der Waals surface area contributed by atoms with Gasteiger partial charge in [0.05, 0.1) is 24.4 Å². The molecule has 5 heteroatoms. The SMILES string of the molecule is O=C(N[C@@H](CO)Cc1ccccc1)c1ccncc1O. The van der Waals surface area contributed by atoms with Gasteiger partial charge in [-0.1, -0.05) is 30.3 Å². The van der Waals surface area contributed by atoms with Gasteiger partial charge in [-0.05, 0) is 18.1 Å². The van der Waals surface area contributed by atoms with Crippen molar-refractivity contribution in [3.8, 4) is 5.75 Å². The minimum absolute atomic E-state index is 0.145. The predicted octanol–water partition coefficient (Wildman–Crippen LogP) is 1.12. The summed E-state index contributed by atoms with van der Waals surface area (Å²) in [6.07, 6.45) is 3.16. The van der Waals surface area contributed by atoms with Gasteiger partial charge in [-0.15, -0.1) is 0 Å². The summed E-state index contributed by atoms with van der Waals surface area (Å²) < 4.78 is 0. The molecule has 0 saturated heterocycles. The fraction of sp³-hybridized carbons (Fsp3) is 0.200. The van der Waals surface area contributed by atoms with Gasteiger partial charge in [0, 0.05) is 6.20 Å². The molecule has 1 amide bonds. The van der Waals surface area contributed by atoms with Crippen LogP contribution in [0.1, 0.15) is 15.9 Å². The number of pyridine rings is 1. The molecule has 2 rings (SSSR count). The summed E-state index contributed by atoms with van der Waals surface area (Å²) in [5.41, 5.74) is 1.16. The lowest BCUT2D eigenvalue weighted by molar-refractivity contribution is 0.0913. The number of aromatic nitrogens is 1. The van der Waals surface area contributed by atoms with Crippen molar-refractivity contribution in [2.24, 2.45) is 0 Å². The summed E-state index contributed by atoms with van der Waals surface area (Å²) >= 11 is 0. The quantitative estimate of drug-likeness (QED) is 0.761. The molecule has 0 bridgehead atoms. The monoisotopic (exact) mass is 272 g/mol. The van der Waals surface area contributed by atoms with Gasteiger partial charge in [0.1, 0.15) is 5.75 Å². The summed E-state index contributed by atoms with van der Waals surface area (Å²) in [6.45, 7) is -0.174. The standard InChI is InChI=1S/C15H16N2O3/c18-10-12(8-11-4-2-1-3-5-11)17-15(20)13-6-7-16-9-14(13)19/h1-7,9,12,18-19H,8,10H2,(H,17,20)/t12-/m1/s1. The van der Waals surface area contributed by atoms with Crippen molar-refractivity contribution in [3.05, 3.63) is 59.9 Å². The molecule has 1 heterocycles. The average molecular weight is 272 g/mol. The molecule has 5 nitrogen and oxygen atoms in total. The molecular weight excluding hydrogens is 256 g/mol. The number of carbonyl (C=O) groups is 1. The number of carbonyl (C=O) groups excluding carboxylic acids is 1. The molecule has 20 heavy (non-hydrogen) atoms. The minimum Gasteiger partial charge on any atom is -0.505 e. The van der Waals surface area contributed by atoms with Crippen molar-refractivity contribution in [2.45, 2.75) is 12.5 Å². The van der Waals surface area contributed by atoms with Crippen LogP contribution >= 0.6 is 0 Å². The Balaban J connectivity index is 2.03. The van der Waals surface area contributed by atoms with E-state index in [2.05, 4.69) is 10.3 Å². The summed E-state index contributed by atoms with van der Waals surface area (Å²) in [6, 6.07) is 10.6. The van der Waals surface area contributed by atoms with E-state index >= 15 is 0 Å². The van der Waals surface area contributed by atoms with Crippen molar-refractivity contribution < 1.29 is 15.0 Å². The summed E-state index contributed by atoms with van der Waals surface area (Å²) in [5.74, 6) is -0.610. The third-order valence-corrected chi connectivity index (χ3v) is 2.93. The molecule has 1 aromatic carbocycles. The lowest BCUT2D eigenvalue weighted by Crippen LogP contribution is -2.39. The van der Waals surface area contributed by atoms with Crippen molar-refractivity contribution in [3.63, 3.8) is 0 Å². The molecule has 2 aromatic rings. The van der Waals surface area contributed by atoms with Crippen LogP contribution in [0.25, 0.3) is 0 Å². The van der Waals surface area contributed by atoms with Gasteiger partial charge >= 0.3 is 0 Å². The second kappa shape index (κ2) is 6.68. The number of rotatable bonds is 5. The Labute approximate surface area is 116 Å². The first-order chi connectivity index (χ1) is 9.70. The smallest absolute Gasteiger partial charge is 0.255 e. The highest BCUT2D eigenvalue weighted by molar-refractivity contribution is 5.96. The number of aliphatic hydroxyl groups excluding tert-OH is 1. The lowest BCUT2D eigenvalue weighted by atomic mass is 10.1. The Bertz CT molecular complexity index is 572. The summed E-state index contributed by atoms with van der Waals surface area (Å²) in [4.78, 5) is 15.7. The highest BCUT2D eigenvalue weighted by atomic mass is 16.3. The van der Waals surface area contributed by atoms with E-state index < -0.39 is 11.9 Å². The van der Waals surface area contributed by atoms with Gasteiger partial charge in [0.15, 0.2) is 0 Å². The molecule has 0 radical (unpaired) electrons. The van der Waals surface area contributed by atoms with Crippen LogP contribution < -0.4 is 5.32 Å². The van der Waals surface area contributed by atoms with E-state index in [1.54, 1.807) is 0 Å². The Hall–Kier alpha value is -2.40. The lowest BCUT2D eigenvalue weighted by Gasteiger charge is -2.16. The highest BCUT2D eigenvalue weighted by Gasteiger charge is 2.16. The van der Waals surface area contributed by atoms with Gasteiger partial charge in [-0.3, -0.25) is 9.78 Å². The second-order valence-electron chi connectivity index (χ2n) is 4.44. The highest BCUT2D eigenvalue weighted by Crippen LogP contribution is 2.14. The van der Waals surface area contributed by atoms with E-state index in [-0.39, 0.29) is 17.9 Å². The van der Waals surface area contributed by atoms with Crippen molar-refractivity contribution in [2.75, 3.05) is 6.61 Å². The van der Waals surface area contributed by atoms with E-state index in [4.69, 9.17) is 0 Å². The molecule has 104 valence electrons. The van der Waals surface area contributed by atoms with Crippen LogP contribution in [0.2, 0.25) is 0 Å². The summed E-state index contributed by atoms with van der Waals surface area (Å²) in [7, 11) is 0. The number of hydrogen-bond donors (Lipinski definition) is 3. The van der Waals surface area contributed by atoms with Crippen LogP contribution in [0.4, 0.5) is 0 Å². The van der Waals surface area contributed by atoms with Crippen LogP contribution in [0.3, 0.4) is 0 Å². The second-order valence-corrected chi connectivity index (χ2v) is 4.44. The first-order valence-electron chi connectivity index (χ1n) is 6.29. The Morgan fingerprint density at radius 2 is 2.00 bits per heavy atom. The average Bonchev–Trinajstić information content (AvgIpc) is 2.48. The number of aliphatic hydroxyl groups is 1. The predicted molar refractivity (Wildman–Crippen MR) is 74.4 cm³/mol. The Morgan fingerprint density at radius 3 is 2.65 bits per heavy atom. The van der Waals surface area contributed by atoms with E-state index in [0.717, 1.165) is 5.56 Å². The van der Waals surface area contributed by atoms with Crippen molar-refractivity contribution in [1.82, 2.24) is 10.3 Å². The zero-order chi connectivity index (χ0) is 14.4. The third-order valence-electron chi connectivity index (χ3n) is 2.93. The number of benzene rings is 1. The molecule has 1 aromatic heterocycles. The first kappa shape index (κ1) is 14.0. The molecule has 0 aliphatic heterocycles. The van der Waals surface area contributed by atoms with Gasteiger partial charge in [-0.2, -0.15) is 0 Å². The Morgan fingerprint density at radius 1 is 1.25 bits per heavy atom. The van der Waals surface area contributed by atoms with Crippen molar-refractivity contribution in [1.29, 1.82) is 0 Å². The third kappa shape index (κ3) is 3.55. The number of hydrogen-bond acceptors (Lipinski definition) is 4. The normalized spacial score (nSPS) is 11.8. The summed E-state index contributed by atoms with van der Waals surface area (Å²) in [5, 5.41) is 21.6. The van der Waals surface area contributed by atoms with Crippen LogP contribution in [-0.2, 0) is 6.42 Å². The van der Waals surface area contributed by atoms with Crippen LogP contribution in [-0.4, -0.2) is 33.8 Å². The van der Waals surface area contributed by atoms with E-state index in [0.29, 0.717) is 6.42 Å². The number of amides is 1. The minimum atomic E-state index is -0.431. The van der Waals surface area contributed by atoms with E-state index in [9.17, 15) is 15.0 Å². The number of nitrogens with zero attached hydrogens (tertiary/aromatic N) is 1. The molecule has 0 spiro atoms. The zero-order valence-electron chi connectivity index (χ0n) is 10.9. The number of aromatic hydroxyl groups is 1. The maximum atomic E-state index is 12.0. The maximum absolute atomic E-state index is 12.0. The zero-order valence-corrected chi connectivity index (χ0v) is 10.9. The van der Waals surface area contributed by atoms with Gasteiger partial charge < -0.3 is 15.5 Å². The topological polar surface area (TPSA) is 82.5 Å². The van der Waals surface area contributed by atoms with Crippen LogP contribution in [0.5, 0.6) is 5.75 Å². The maximum Gasteiger partial charge on any atom is 0.255 e. The molecule has 0 aliphatic carbocycles. The molecular formula is C15H16N2O3. The number of nitrogens with one attached hydrogen (secondary N) is 1. The van der Waals surface area contributed by atoms with E-state index in [1.807, 2.05) is 30.3 Å². The van der Waals surface area contributed by atoms with Crippen molar-refractivity contribution >= 4 is 5.91 Å². The molecule has 1 atom stereocenters. The first-order valence-corrected chi connectivity index (χ1v) is 6.29. The van der Waals surface area contributed by atoms with Gasteiger partial charge in [-0.25, -0.2) is 0 Å². The fourth-order valence-electron chi connectivity index (χ4n) is 1.90. The molecule has 0 fully saturated rings.